The van der Waals surface area contributed by atoms with Gasteiger partial charge in [-0.15, -0.1) is 0 Å². The van der Waals surface area contributed by atoms with Gasteiger partial charge in [-0.3, -0.25) is 15.0 Å². The molecule has 5 nitrogen and oxygen atoms in total. The third-order valence-corrected chi connectivity index (χ3v) is 6.68. The van der Waals surface area contributed by atoms with E-state index in [0.29, 0.717) is 5.25 Å². The summed E-state index contributed by atoms with van der Waals surface area (Å²) in [6, 6.07) is 12.7. The number of aliphatic imine (C=N–C) groups is 1. The second kappa shape index (κ2) is 6.78. The molecular formula is C22H23N5S. The van der Waals surface area contributed by atoms with Gasteiger partial charge < -0.3 is 9.47 Å². The number of aromatic nitrogens is 3. The molecule has 0 N–H and O–H groups in total. The number of hydrogen-bond donors (Lipinski definition) is 0. The summed E-state index contributed by atoms with van der Waals surface area (Å²) in [6.45, 7) is 7.66. The van der Waals surface area contributed by atoms with Crippen LogP contribution in [0, 0.1) is 13.8 Å². The molecule has 0 aromatic carbocycles. The van der Waals surface area contributed by atoms with Crippen molar-refractivity contribution in [3.63, 3.8) is 0 Å². The molecule has 28 heavy (non-hydrogen) atoms. The van der Waals surface area contributed by atoms with Crippen molar-refractivity contribution in [2.45, 2.75) is 38.1 Å². The zero-order valence-electron chi connectivity index (χ0n) is 16.3. The molecule has 3 aromatic rings. The second-order valence-corrected chi connectivity index (χ2v) is 8.92. The van der Waals surface area contributed by atoms with E-state index in [1.807, 2.05) is 42.5 Å². The van der Waals surface area contributed by atoms with E-state index in [1.165, 1.54) is 17.0 Å². The largest absolute Gasteiger partial charge is 0.341 e. The fraction of sp³-hybridized carbons (Fsp3) is 0.318. The Hall–Kier alpha value is -2.60. The average molecular weight is 390 g/mol. The molecule has 0 radical (unpaired) electrons. The highest BCUT2D eigenvalue weighted by Crippen LogP contribution is 2.48. The smallest absolute Gasteiger partial charge is 0.160 e. The third kappa shape index (κ3) is 2.75. The predicted molar refractivity (Wildman–Crippen MR) is 114 cm³/mol. The minimum atomic E-state index is 0.0269. The molecule has 2 aliphatic heterocycles. The summed E-state index contributed by atoms with van der Waals surface area (Å²) in [5.74, 6) is 0. The fourth-order valence-electron chi connectivity index (χ4n) is 4.42. The van der Waals surface area contributed by atoms with E-state index in [1.54, 1.807) is 0 Å². The molecule has 5 rings (SSSR count). The van der Waals surface area contributed by atoms with Crippen LogP contribution in [0.15, 0.2) is 60.0 Å². The van der Waals surface area contributed by atoms with Gasteiger partial charge in [0.2, 0.25) is 0 Å². The molecule has 3 aromatic heterocycles. The standard InChI is InChI=1S/C22H23N5S/c1-14-11-18(16(3)27(14)17-7-6-9-23-12-17)21-20(19-8-4-5-10-24-19)25-22-26(21)13-15(2)28-22/h4-12,15,20-21H,13H2,1-3H3/t15-,20-,21-/m1/s1. The molecule has 142 valence electrons. The molecule has 0 aliphatic carbocycles. The highest BCUT2D eigenvalue weighted by atomic mass is 32.2. The minimum absolute atomic E-state index is 0.0269. The molecule has 0 unspecified atom stereocenters. The lowest BCUT2D eigenvalue weighted by molar-refractivity contribution is 0.320. The Bertz CT molecular complexity index is 1030. The normalized spacial score (nSPS) is 23.8. The first-order valence-corrected chi connectivity index (χ1v) is 10.5. The lowest BCUT2D eigenvalue weighted by Crippen LogP contribution is -2.28. The van der Waals surface area contributed by atoms with Gasteiger partial charge in [0.05, 0.1) is 23.6 Å². The van der Waals surface area contributed by atoms with Crippen LogP contribution in [-0.4, -0.2) is 36.4 Å². The van der Waals surface area contributed by atoms with Crippen LogP contribution >= 0.6 is 11.8 Å². The lowest BCUT2D eigenvalue weighted by Gasteiger charge is -2.27. The summed E-state index contributed by atoms with van der Waals surface area (Å²) in [5, 5.41) is 1.71. The number of nitrogens with zero attached hydrogens (tertiary/aromatic N) is 5. The maximum atomic E-state index is 5.10. The molecule has 6 heteroatoms. The Morgan fingerprint density at radius 2 is 2.00 bits per heavy atom. The molecule has 0 spiro atoms. The first-order chi connectivity index (χ1) is 13.6. The van der Waals surface area contributed by atoms with Gasteiger partial charge in [-0.25, -0.2) is 0 Å². The second-order valence-electron chi connectivity index (χ2n) is 7.51. The van der Waals surface area contributed by atoms with Crippen LogP contribution in [0.3, 0.4) is 0 Å². The SMILES string of the molecule is Cc1cc([C@@H]2[C@@H](c3ccccn3)N=C3S[C@H](C)CN32)c(C)n1-c1cccnc1. The van der Waals surface area contributed by atoms with Gasteiger partial charge in [0, 0.05) is 35.6 Å². The number of thioether (sulfide) groups is 1. The van der Waals surface area contributed by atoms with E-state index in [4.69, 9.17) is 4.99 Å². The Morgan fingerprint density at radius 3 is 2.75 bits per heavy atom. The summed E-state index contributed by atoms with van der Waals surface area (Å²) >= 11 is 1.88. The van der Waals surface area contributed by atoms with Crippen molar-refractivity contribution in [1.29, 1.82) is 0 Å². The lowest BCUT2D eigenvalue weighted by atomic mass is 9.96. The van der Waals surface area contributed by atoms with Gasteiger partial charge in [-0.05, 0) is 49.7 Å². The van der Waals surface area contributed by atoms with Crippen molar-refractivity contribution in [3.8, 4) is 5.69 Å². The zero-order chi connectivity index (χ0) is 19.3. The van der Waals surface area contributed by atoms with E-state index in [0.717, 1.165) is 23.1 Å². The van der Waals surface area contributed by atoms with Gasteiger partial charge >= 0.3 is 0 Å². The average Bonchev–Trinajstić information content (AvgIpc) is 3.33. The van der Waals surface area contributed by atoms with Crippen molar-refractivity contribution in [3.05, 3.63) is 77.6 Å². The Kier molecular flexibility index (Phi) is 4.23. The summed E-state index contributed by atoms with van der Waals surface area (Å²) in [6.07, 6.45) is 5.60. The van der Waals surface area contributed by atoms with E-state index in [-0.39, 0.29) is 12.1 Å². The Morgan fingerprint density at radius 1 is 1.11 bits per heavy atom. The van der Waals surface area contributed by atoms with Crippen LogP contribution in [0.4, 0.5) is 0 Å². The maximum Gasteiger partial charge on any atom is 0.160 e. The van der Waals surface area contributed by atoms with Crippen LogP contribution in [0.2, 0.25) is 0 Å². The van der Waals surface area contributed by atoms with Gasteiger partial charge in [-0.1, -0.05) is 24.8 Å². The van der Waals surface area contributed by atoms with Gasteiger partial charge in [0.1, 0.15) is 6.04 Å². The topological polar surface area (TPSA) is 46.3 Å². The van der Waals surface area contributed by atoms with Crippen LogP contribution in [0.1, 0.15) is 41.7 Å². The molecule has 0 bridgehead atoms. The Balaban J connectivity index is 1.63. The molecular weight excluding hydrogens is 366 g/mol. The Labute approximate surface area is 169 Å². The summed E-state index contributed by atoms with van der Waals surface area (Å²) in [5.41, 5.74) is 5.92. The zero-order valence-corrected chi connectivity index (χ0v) is 17.1. The van der Waals surface area contributed by atoms with Gasteiger partial charge in [-0.2, -0.15) is 0 Å². The summed E-state index contributed by atoms with van der Waals surface area (Å²) < 4.78 is 2.29. The number of hydrogen-bond acceptors (Lipinski definition) is 5. The van der Waals surface area contributed by atoms with Crippen molar-refractivity contribution < 1.29 is 0 Å². The highest BCUT2D eigenvalue weighted by Gasteiger charge is 2.44. The molecule has 1 saturated heterocycles. The third-order valence-electron chi connectivity index (χ3n) is 5.57. The van der Waals surface area contributed by atoms with Crippen LogP contribution in [-0.2, 0) is 0 Å². The molecule has 5 heterocycles. The highest BCUT2D eigenvalue weighted by molar-refractivity contribution is 8.14. The molecule has 3 atom stereocenters. The van der Waals surface area contributed by atoms with Gasteiger partial charge in [0.25, 0.3) is 0 Å². The number of rotatable bonds is 3. The summed E-state index contributed by atoms with van der Waals surface area (Å²) in [4.78, 5) is 16.5. The monoisotopic (exact) mass is 389 g/mol. The van der Waals surface area contributed by atoms with E-state index < -0.39 is 0 Å². The molecule has 2 aliphatic rings. The fourth-order valence-corrected chi connectivity index (χ4v) is 5.52. The maximum absolute atomic E-state index is 5.10. The predicted octanol–water partition coefficient (Wildman–Crippen LogP) is 4.47. The van der Waals surface area contributed by atoms with Crippen molar-refractivity contribution in [2.75, 3.05) is 6.54 Å². The van der Waals surface area contributed by atoms with Crippen LogP contribution < -0.4 is 0 Å². The van der Waals surface area contributed by atoms with Crippen molar-refractivity contribution >= 4 is 16.9 Å². The van der Waals surface area contributed by atoms with E-state index in [2.05, 4.69) is 64.5 Å². The minimum Gasteiger partial charge on any atom is -0.341 e. The number of pyridine rings is 2. The van der Waals surface area contributed by atoms with Crippen molar-refractivity contribution in [1.82, 2.24) is 19.4 Å². The van der Waals surface area contributed by atoms with E-state index in [9.17, 15) is 0 Å². The van der Waals surface area contributed by atoms with Crippen LogP contribution in [0.25, 0.3) is 5.69 Å². The van der Waals surface area contributed by atoms with E-state index >= 15 is 0 Å². The van der Waals surface area contributed by atoms with Crippen LogP contribution in [0.5, 0.6) is 0 Å². The summed E-state index contributed by atoms with van der Waals surface area (Å²) in [7, 11) is 0. The molecule has 0 amide bonds. The number of amidine groups is 1. The molecule has 0 saturated carbocycles. The number of aryl methyl sites for hydroxylation is 1. The van der Waals surface area contributed by atoms with Crippen molar-refractivity contribution in [2.24, 2.45) is 4.99 Å². The first kappa shape index (κ1) is 17.5. The number of fused-ring (bicyclic) bond motifs is 1. The van der Waals surface area contributed by atoms with Gasteiger partial charge in [0.15, 0.2) is 5.17 Å². The quantitative estimate of drug-likeness (QED) is 0.663. The first-order valence-electron chi connectivity index (χ1n) is 9.65. The molecule has 1 fully saturated rings.